The highest BCUT2D eigenvalue weighted by atomic mass is 32.2. The van der Waals surface area contributed by atoms with Crippen molar-refractivity contribution in [1.29, 1.82) is 0 Å². The van der Waals surface area contributed by atoms with Crippen LogP contribution in [0.1, 0.15) is 6.92 Å². The third-order valence-electron chi connectivity index (χ3n) is 3.93. The van der Waals surface area contributed by atoms with Crippen LogP contribution in [-0.4, -0.2) is 33.4 Å². The minimum absolute atomic E-state index is 0.122. The number of benzene rings is 2. The Morgan fingerprint density at radius 2 is 1.86 bits per heavy atom. The van der Waals surface area contributed by atoms with E-state index in [1.807, 2.05) is 55.5 Å². The van der Waals surface area contributed by atoms with Gasteiger partial charge in [-0.05, 0) is 31.2 Å². The van der Waals surface area contributed by atoms with Crippen LogP contribution in [0.4, 0.5) is 16.0 Å². The van der Waals surface area contributed by atoms with Gasteiger partial charge in [-0.3, -0.25) is 4.79 Å². The fraction of sp³-hybridized carbons (Fsp3) is 0.158. The van der Waals surface area contributed by atoms with Gasteiger partial charge in [-0.15, -0.1) is 10.2 Å². The minimum Gasteiger partial charge on any atom is -0.495 e. The van der Waals surface area contributed by atoms with Crippen molar-refractivity contribution in [1.82, 2.24) is 15.2 Å². The number of rotatable bonds is 7. The SMILES string of the molecule is COc1ccccc1Nc1nnc(SC(C)C(=O)Nc2nc3ccccc3s2)s1. The molecule has 148 valence electrons. The van der Waals surface area contributed by atoms with Crippen LogP contribution in [0.3, 0.4) is 0 Å². The highest BCUT2D eigenvalue weighted by molar-refractivity contribution is 8.02. The molecule has 0 radical (unpaired) electrons. The van der Waals surface area contributed by atoms with Crippen LogP contribution in [0.15, 0.2) is 52.9 Å². The van der Waals surface area contributed by atoms with Gasteiger partial charge >= 0.3 is 0 Å². The van der Waals surface area contributed by atoms with Crippen LogP contribution in [0, 0.1) is 0 Å². The fourth-order valence-corrected chi connectivity index (χ4v) is 5.29. The van der Waals surface area contributed by atoms with Gasteiger partial charge in [0.2, 0.25) is 11.0 Å². The molecule has 0 bridgehead atoms. The average molecular weight is 444 g/mol. The summed E-state index contributed by atoms with van der Waals surface area (Å²) in [4.78, 5) is 17.0. The second kappa shape index (κ2) is 8.76. The number of hydrogen-bond acceptors (Lipinski definition) is 9. The molecule has 0 saturated heterocycles. The molecule has 2 N–H and O–H groups in total. The van der Waals surface area contributed by atoms with Gasteiger partial charge < -0.3 is 15.4 Å². The lowest BCUT2D eigenvalue weighted by Crippen LogP contribution is -2.22. The summed E-state index contributed by atoms with van der Waals surface area (Å²) in [5, 5.41) is 15.3. The molecule has 2 aromatic carbocycles. The van der Waals surface area contributed by atoms with E-state index < -0.39 is 0 Å². The van der Waals surface area contributed by atoms with E-state index in [1.165, 1.54) is 34.4 Å². The van der Waals surface area contributed by atoms with Crippen LogP contribution >= 0.6 is 34.4 Å². The lowest BCUT2D eigenvalue weighted by molar-refractivity contribution is -0.115. The van der Waals surface area contributed by atoms with E-state index in [-0.39, 0.29) is 11.2 Å². The maximum atomic E-state index is 12.5. The number of amides is 1. The molecule has 0 aliphatic heterocycles. The molecule has 2 aromatic heterocycles. The van der Waals surface area contributed by atoms with E-state index in [0.717, 1.165) is 21.7 Å². The molecule has 4 rings (SSSR count). The van der Waals surface area contributed by atoms with Crippen LogP contribution in [0.2, 0.25) is 0 Å². The zero-order valence-corrected chi connectivity index (χ0v) is 18.0. The molecule has 1 atom stereocenters. The zero-order chi connectivity index (χ0) is 20.2. The first-order valence-electron chi connectivity index (χ1n) is 8.69. The smallest absolute Gasteiger partial charge is 0.239 e. The van der Waals surface area contributed by atoms with Crippen LogP contribution < -0.4 is 15.4 Å². The van der Waals surface area contributed by atoms with Crippen LogP contribution in [0.25, 0.3) is 10.2 Å². The predicted molar refractivity (Wildman–Crippen MR) is 120 cm³/mol. The highest BCUT2D eigenvalue weighted by Crippen LogP contribution is 2.33. The first kappa shape index (κ1) is 19.6. The topological polar surface area (TPSA) is 89.0 Å². The van der Waals surface area contributed by atoms with E-state index in [2.05, 4.69) is 25.8 Å². The molecule has 0 spiro atoms. The standard InChI is InChI=1S/C19H17N5O2S3/c1-11(16(25)22-17-21-13-8-4-6-10-15(13)28-17)27-19-24-23-18(29-19)20-12-7-3-5-9-14(12)26-2/h3-11H,1-2H3,(H,20,23)(H,21,22,25). The number of fused-ring (bicyclic) bond motifs is 1. The van der Waals surface area contributed by atoms with E-state index in [0.29, 0.717) is 14.6 Å². The van der Waals surface area contributed by atoms with Gasteiger partial charge in [0.05, 0.1) is 28.3 Å². The summed E-state index contributed by atoms with van der Waals surface area (Å²) in [5.41, 5.74) is 1.69. The van der Waals surface area contributed by atoms with E-state index >= 15 is 0 Å². The Bertz CT molecular complexity index is 1110. The van der Waals surface area contributed by atoms with E-state index in [1.54, 1.807) is 7.11 Å². The summed E-state index contributed by atoms with van der Waals surface area (Å²) in [5.74, 6) is 0.601. The number of thiazole rings is 1. The van der Waals surface area contributed by atoms with Gasteiger partial charge in [0, 0.05) is 0 Å². The molecular weight excluding hydrogens is 426 g/mol. The Morgan fingerprint density at radius 1 is 1.07 bits per heavy atom. The van der Waals surface area contributed by atoms with Crippen molar-refractivity contribution in [3.63, 3.8) is 0 Å². The number of nitrogens with zero attached hydrogens (tertiary/aromatic N) is 3. The van der Waals surface area contributed by atoms with Gasteiger partial charge in [0.25, 0.3) is 0 Å². The van der Waals surface area contributed by atoms with Gasteiger partial charge in [-0.2, -0.15) is 0 Å². The summed E-state index contributed by atoms with van der Waals surface area (Å²) >= 11 is 4.20. The van der Waals surface area contributed by atoms with Gasteiger partial charge in [-0.25, -0.2) is 4.98 Å². The molecule has 0 saturated carbocycles. The number of methoxy groups -OCH3 is 1. The maximum Gasteiger partial charge on any atom is 0.239 e. The summed E-state index contributed by atoms with van der Waals surface area (Å²) in [6.45, 7) is 1.84. The van der Waals surface area contributed by atoms with Gasteiger partial charge in [0.15, 0.2) is 9.47 Å². The minimum atomic E-state index is -0.339. The van der Waals surface area contributed by atoms with Crippen molar-refractivity contribution in [2.75, 3.05) is 17.7 Å². The number of aromatic nitrogens is 3. The number of para-hydroxylation sites is 3. The highest BCUT2D eigenvalue weighted by Gasteiger charge is 2.19. The number of ether oxygens (including phenoxy) is 1. The molecule has 0 aliphatic rings. The van der Waals surface area contributed by atoms with Crippen molar-refractivity contribution in [2.24, 2.45) is 0 Å². The van der Waals surface area contributed by atoms with Crippen LogP contribution in [0.5, 0.6) is 5.75 Å². The Hall–Kier alpha value is -2.69. The normalized spacial score (nSPS) is 11.9. The summed E-state index contributed by atoms with van der Waals surface area (Å²) in [6.07, 6.45) is 0. The second-order valence-corrected chi connectivity index (χ2v) is 9.53. The third kappa shape index (κ3) is 4.66. The second-order valence-electron chi connectivity index (χ2n) is 5.93. The van der Waals surface area contributed by atoms with Crippen molar-refractivity contribution < 1.29 is 9.53 Å². The number of nitrogens with one attached hydrogen (secondary N) is 2. The van der Waals surface area contributed by atoms with E-state index in [9.17, 15) is 4.79 Å². The monoisotopic (exact) mass is 443 g/mol. The van der Waals surface area contributed by atoms with Crippen molar-refractivity contribution in [3.8, 4) is 5.75 Å². The lowest BCUT2D eigenvalue weighted by Gasteiger charge is -2.08. The Morgan fingerprint density at radius 3 is 2.69 bits per heavy atom. The zero-order valence-electron chi connectivity index (χ0n) is 15.6. The predicted octanol–water partition coefficient (Wildman–Crippen LogP) is 5.02. The Kier molecular flexibility index (Phi) is 5.93. The van der Waals surface area contributed by atoms with Crippen molar-refractivity contribution in [3.05, 3.63) is 48.5 Å². The fourth-order valence-electron chi connectivity index (χ4n) is 2.51. The first-order chi connectivity index (χ1) is 14.1. The number of thioether (sulfide) groups is 1. The molecule has 10 heteroatoms. The third-order valence-corrected chi connectivity index (χ3v) is 6.90. The summed E-state index contributed by atoms with van der Waals surface area (Å²) < 4.78 is 7.07. The molecular formula is C19H17N5O2S3. The summed E-state index contributed by atoms with van der Waals surface area (Å²) in [7, 11) is 1.62. The van der Waals surface area contributed by atoms with Crippen molar-refractivity contribution >= 4 is 66.5 Å². The molecule has 4 aromatic rings. The quantitative estimate of drug-likeness (QED) is 0.388. The van der Waals surface area contributed by atoms with Gasteiger partial charge in [0.1, 0.15) is 5.75 Å². The molecule has 0 aliphatic carbocycles. The molecule has 1 amide bonds. The Balaban J connectivity index is 1.38. The number of carbonyl (C=O) groups excluding carboxylic acids is 1. The lowest BCUT2D eigenvalue weighted by atomic mass is 10.3. The molecule has 1 unspecified atom stereocenters. The Labute approximate surface area is 179 Å². The maximum absolute atomic E-state index is 12.5. The number of anilines is 3. The molecule has 0 fully saturated rings. The number of carbonyl (C=O) groups is 1. The summed E-state index contributed by atoms with van der Waals surface area (Å²) in [6, 6.07) is 15.4. The average Bonchev–Trinajstić information content (AvgIpc) is 3.34. The molecule has 29 heavy (non-hydrogen) atoms. The number of hydrogen-bond donors (Lipinski definition) is 2. The van der Waals surface area contributed by atoms with E-state index in [4.69, 9.17) is 4.74 Å². The first-order valence-corrected chi connectivity index (χ1v) is 11.2. The van der Waals surface area contributed by atoms with Crippen LogP contribution in [-0.2, 0) is 4.79 Å². The van der Waals surface area contributed by atoms with Crippen molar-refractivity contribution in [2.45, 2.75) is 16.5 Å². The largest absolute Gasteiger partial charge is 0.495 e. The molecule has 2 heterocycles. The molecule has 7 nitrogen and oxygen atoms in total. The van der Waals surface area contributed by atoms with Gasteiger partial charge in [-0.1, -0.05) is 58.7 Å².